The third-order valence-electron chi connectivity index (χ3n) is 4.67. The molecule has 0 saturated carbocycles. The molecule has 0 aliphatic rings. The van der Waals surface area contributed by atoms with Gasteiger partial charge in [-0.3, -0.25) is 4.79 Å². The molecule has 2 aromatic carbocycles. The van der Waals surface area contributed by atoms with E-state index in [0.717, 1.165) is 11.1 Å². The van der Waals surface area contributed by atoms with Gasteiger partial charge in [0.05, 0.1) is 0 Å². The van der Waals surface area contributed by atoms with Gasteiger partial charge in [-0.15, -0.1) is 0 Å². The van der Waals surface area contributed by atoms with E-state index < -0.39 is 0 Å². The number of carbonyl (C=O) groups is 1. The molecule has 0 spiro atoms. The second-order valence-electron chi connectivity index (χ2n) is 6.85. The minimum Gasteiger partial charge on any atom is -0.383 e. The van der Waals surface area contributed by atoms with E-state index in [9.17, 15) is 4.79 Å². The van der Waals surface area contributed by atoms with Crippen LogP contribution in [0.5, 0.6) is 0 Å². The number of hydrogen-bond acceptors (Lipinski definition) is 7. The van der Waals surface area contributed by atoms with E-state index in [1.165, 1.54) is 4.68 Å². The highest BCUT2D eigenvalue weighted by molar-refractivity contribution is 6.30. The highest BCUT2D eigenvalue weighted by Gasteiger charge is 2.23. The van der Waals surface area contributed by atoms with Crippen molar-refractivity contribution in [2.75, 3.05) is 18.1 Å². The van der Waals surface area contributed by atoms with Crippen LogP contribution >= 0.6 is 23.2 Å². The van der Waals surface area contributed by atoms with Gasteiger partial charge < -0.3 is 20.9 Å². The Bertz CT molecular complexity index is 1230. The number of rotatable bonds is 7. The molecule has 2 heterocycles. The third-order valence-corrected chi connectivity index (χ3v) is 5.17. The van der Waals surface area contributed by atoms with E-state index in [4.69, 9.17) is 33.5 Å². The highest BCUT2D eigenvalue weighted by Crippen LogP contribution is 2.33. The van der Waals surface area contributed by atoms with Crippen molar-refractivity contribution in [1.29, 1.82) is 0 Å². The summed E-state index contributed by atoms with van der Waals surface area (Å²) >= 11 is 11.8. The number of nitrogen functional groups attached to an aromatic ring is 1. The summed E-state index contributed by atoms with van der Waals surface area (Å²) in [4.78, 5) is 16.9. The summed E-state index contributed by atoms with van der Waals surface area (Å²) in [6, 6.07) is 14.3. The molecule has 4 rings (SSSR count). The van der Waals surface area contributed by atoms with Crippen LogP contribution in [0, 0.1) is 0 Å². The van der Waals surface area contributed by atoms with Crippen molar-refractivity contribution in [3.8, 4) is 22.8 Å². The fraction of sp³-hybridized carbons (Fsp3) is 0.143. The lowest BCUT2D eigenvalue weighted by atomic mass is 10.2. The number of hydrogen-bond donors (Lipinski definition) is 3. The van der Waals surface area contributed by atoms with E-state index in [1.54, 1.807) is 43.4 Å². The lowest BCUT2D eigenvalue weighted by Gasteiger charge is -2.07. The Morgan fingerprint density at radius 1 is 1.09 bits per heavy atom. The molecule has 1 amide bonds. The van der Waals surface area contributed by atoms with Gasteiger partial charge in [-0.1, -0.05) is 40.5 Å². The van der Waals surface area contributed by atoms with Gasteiger partial charge in [-0.25, -0.2) is 4.68 Å². The Morgan fingerprint density at radius 3 is 2.41 bits per heavy atom. The maximum atomic E-state index is 12.4. The van der Waals surface area contributed by atoms with Crippen molar-refractivity contribution in [3.05, 3.63) is 64.1 Å². The van der Waals surface area contributed by atoms with Gasteiger partial charge in [-0.05, 0) is 42.0 Å². The summed E-state index contributed by atoms with van der Waals surface area (Å²) in [5.41, 5.74) is 8.36. The SMILES string of the molecule is CNc1nn(CC(=O)NCc2ccc(Cl)cc2)c(N)c1-c1nc(-c2ccc(Cl)cc2)no1. The lowest BCUT2D eigenvalue weighted by Crippen LogP contribution is -2.28. The second kappa shape index (κ2) is 9.29. The van der Waals surface area contributed by atoms with Crippen LogP contribution in [0.1, 0.15) is 5.56 Å². The van der Waals surface area contributed by atoms with E-state index in [1.807, 2.05) is 12.1 Å². The zero-order valence-corrected chi connectivity index (χ0v) is 18.5. The van der Waals surface area contributed by atoms with Crippen LogP contribution in [0.2, 0.25) is 10.0 Å². The largest absolute Gasteiger partial charge is 0.383 e. The molecule has 0 saturated heterocycles. The van der Waals surface area contributed by atoms with Gasteiger partial charge in [0.1, 0.15) is 17.9 Å². The second-order valence-corrected chi connectivity index (χ2v) is 7.72. The van der Waals surface area contributed by atoms with Gasteiger partial charge in [0.2, 0.25) is 11.7 Å². The monoisotopic (exact) mass is 471 g/mol. The van der Waals surface area contributed by atoms with Gasteiger partial charge >= 0.3 is 0 Å². The number of halogens is 2. The minimum atomic E-state index is -0.254. The maximum Gasteiger partial charge on any atom is 0.265 e. The van der Waals surface area contributed by atoms with Crippen LogP contribution in [0.3, 0.4) is 0 Å². The first-order valence-electron chi connectivity index (χ1n) is 9.60. The molecule has 32 heavy (non-hydrogen) atoms. The average molecular weight is 472 g/mol. The fourth-order valence-electron chi connectivity index (χ4n) is 3.02. The molecular weight excluding hydrogens is 453 g/mol. The Kier molecular flexibility index (Phi) is 6.29. The zero-order valence-electron chi connectivity index (χ0n) is 17.0. The summed E-state index contributed by atoms with van der Waals surface area (Å²) < 4.78 is 6.79. The summed E-state index contributed by atoms with van der Waals surface area (Å²) in [7, 11) is 1.69. The molecular formula is C21H19Cl2N7O2. The summed E-state index contributed by atoms with van der Waals surface area (Å²) in [6.45, 7) is 0.281. The van der Waals surface area contributed by atoms with Crippen molar-refractivity contribution in [1.82, 2.24) is 25.2 Å². The first-order chi connectivity index (χ1) is 15.4. The fourth-order valence-corrected chi connectivity index (χ4v) is 3.27. The van der Waals surface area contributed by atoms with Crippen LogP contribution in [0.4, 0.5) is 11.6 Å². The van der Waals surface area contributed by atoms with E-state index in [0.29, 0.717) is 33.8 Å². The van der Waals surface area contributed by atoms with Gasteiger partial charge in [0.15, 0.2) is 5.82 Å². The molecule has 0 fully saturated rings. The number of nitrogens with one attached hydrogen (secondary N) is 2. The van der Waals surface area contributed by atoms with Gasteiger partial charge in [-0.2, -0.15) is 10.1 Å². The van der Waals surface area contributed by atoms with Crippen LogP contribution in [-0.4, -0.2) is 32.9 Å². The molecule has 0 radical (unpaired) electrons. The van der Waals surface area contributed by atoms with Crippen LogP contribution < -0.4 is 16.4 Å². The third kappa shape index (κ3) is 4.68. The number of benzene rings is 2. The number of amides is 1. The van der Waals surface area contributed by atoms with Crippen molar-refractivity contribution in [2.24, 2.45) is 0 Å². The molecule has 0 aliphatic carbocycles. The van der Waals surface area contributed by atoms with E-state index in [-0.39, 0.29) is 24.2 Å². The normalized spacial score (nSPS) is 10.8. The standard InChI is InChI=1S/C21H19Cl2N7O2/c1-25-20-17(21-27-19(29-32-21)13-4-8-15(23)9-5-13)18(24)30(28-20)11-16(31)26-10-12-2-6-14(22)7-3-12/h2-9H,10-11,24H2,1H3,(H,25,28)(H,26,31). The zero-order chi connectivity index (χ0) is 22.7. The molecule has 4 aromatic rings. The molecule has 2 aromatic heterocycles. The Hall–Kier alpha value is -3.56. The van der Waals surface area contributed by atoms with Gasteiger partial charge in [0, 0.05) is 29.2 Å². The molecule has 9 nitrogen and oxygen atoms in total. The van der Waals surface area contributed by atoms with Crippen LogP contribution in [0.15, 0.2) is 53.1 Å². The molecule has 0 atom stereocenters. The lowest BCUT2D eigenvalue weighted by molar-refractivity contribution is -0.121. The number of nitrogens with zero attached hydrogens (tertiary/aromatic N) is 4. The summed E-state index contributed by atoms with van der Waals surface area (Å²) in [5.74, 6) is 0.952. The van der Waals surface area contributed by atoms with Crippen molar-refractivity contribution >= 4 is 40.7 Å². The predicted octanol–water partition coefficient (Wildman–Crippen LogP) is 3.85. The first kappa shape index (κ1) is 21.7. The molecule has 0 unspecified atom stereocenters. The Morgan fingerprint density at radius 2 is 1.75 bits per heavy atom. The smallest absolute Gasteiger partial charge is 0.265 e. The number of anilines is 2. The molecule has 164 valence electrons. The number of carbonyl (C=O) groups excluding carboxylic acids is 1. The Labute approximate surface area is 193 Å². The predicted molar refractivity (Wildman–Crippen MR) is 123 cm³/mol. The summed E-state index contributed by atoms with van der Waals surface area (Å²) in [5, 5.41) is 15.4. The van der Waals surface area contributed by atoms with Crippen molar-refractivity contribution in [3.63, 3.8) is 0 Å². The van der Waals surface area contributed by atoms with Crippen LogP contribution in [-0.2, 0) is 17.9 Å². The molecule has 0 bridgehead atoms. The van der Waals surface area contributed by atoms with Crippen LogP contribution in [0.25, 0.3) is 22.8 Å². The van der Waals surface area contributed by atoms with E-state index in [2.05, 4.69) is 25.9 Å². The molecule has 4 N–H and O–H groups in total. The van der Waals surface area contributed by atoms with Crippen molar-refractivity contribution < 1.29 is 9.32 Å². The highest BCUT2D eigenvalue weighted by atomic mass is 35.5. The minimum absolute atomic E-state index is 0.0771. The summed E-state index contributed by atoms with van der Waals surface area (Å²) in [6.07, 6.45) is 0. The van der Waals surface area contributed by atoms with E-state index >= 15 is 0 Å². The quantitative estimate of drug-likeness (QED) is 0.373. The average Bonchev–Trinajstić information content (AvgIpc) is 3.38. The Balaban J connectivity index is 1.51. The molecule has 0 aliphatic heterocycles. The van der Waals surface area contributed by atoms with Crippen molar-refractivity contribution in [2.45, 2.75) is 13.1 Å². The number of aromatic nitrogens is 4. The van der Waals surface area contributed by atoms with Gasteiger partial charge in [0.25, 0.3) is 5.89 Å². The maximum absolute atomic E-state index is 12.4. The first-order valence-corrected chi connectivity index (χ1v) is 10.4. The topological polar surface area (TPSA) is 124 Å². The molecule has 11 heteroatoms. The number of nitrogens with two attached hydrogens (primary N) is 1.